The molecule has 4 nitrogen and oxygen atoms in total. The molecule has 6 rings (SSSR count). The molecule has 4 fully saturated rings. The van der Waals surface area contributed by atoms with E-state index in [-0.39, 0.29) is 11.4 Å². The first-order valence-corrected chi connectivity index (χ1v) is 10.9. The number of aryl methyl sites for hydroxylation is 1. The molecule has 1 amide bonds. The summed E-state index contributed by atoms with van der Waals surface area (Å²) in [6.45, 7) is 3.13. The van der Waals surface area contributed by atoms with Gasteiger partial charge >= 0.3 is 0 Å². The van der Waals surface area contributed by atoms with Gasteiger partial charge in [-0.3, -0.25) is 9.78 Å². The van der Waals surface area contributed by atoms with Crippen LogP contribution in [0.4, 0.5) is 0 Å². The molecule has 144 valence electrons. The zero-order chi connectivity index (χ0) is 18.4. The number of hydrogen-bond donors (Lipinski definition) is 1. The van der Waals surface area contributed by atoms with Crippen molar-refractivity contribution in [3.05, 3.63) is 30.2 Å². The second-order valence-electron chi connectivity index (χ2n) is 9.47. The molecular formula is C23H31N3O. The van der Waals surface area contributed by atoms with Crippen molar-refractivity contribution >= 4 is 16.8 Å². The summed E-state index contributed by atoms with van der Waals surface area (Å²) < 4.78 is 2.22. The fourth-order valence-electron chi connectivity index (χ4n) is 6.63. The van der Waals surface area contributed by atoms with E-state index in [1.165, 1.54) is 51.4 Å². The third-order valence-electron chi connectivity index (χ3n) is 7.34. The van der Waals surface area contributed by atoms with Crippen molar-refractivity contribution in [2.24, 2.45) is 17.8 Å². The minimum absolute atomic E-state index is 0.0643. The van der Waals surface area contributed by atoms with Crippen LogP contribution < -0.4 is 5.32 Å². The molecule has 4 aliphatic rings. The van der Waals surface area contributed by atoms with Gasteiger partial charge in [0.05, 0.1) is 5.52 Å². The lowest BCUT2D eigenvalue weighted by atomic mass is 9.53. The molecule has 0 aliphatic heterocycles. The summed E-state index contributed by atoms with van der Waals surface area (Å²) in [6, 6.07) is 4.09. The Morgan fingerprint density at radius 3 is 2.56 bits per heavy atom. The van der Waals surface area contributed by atoms with Crippen molar-refractivity contribution in [2.45, 2.75) is 76.8 Å². The van der Waals surface area contributed by atoms with E-state index >= 15 is 0 Å². The summed E-state index contributed by atoms with van der Waals surface area (Å²) in [5.41, 5.74) is 2.02. The van der Waals surface area contributed by atoms with Gasteiger partial charge in [-0.2, -0.15) is 0 Å². The molecule has 4 bridgehead atoms. The molecule has 2 aromatic rings. The highest BCUT2D eigenvalue weighted by Crippen LogP contribution is 2.55. The van der Waals surface area contributed by atoms with Crippen LogP contribution in [0, 0.1) is 17.8 Å². The van der Waals surface area contributed by atoms with Gasteiger partial charge in [0.2, 0.25) is 0 Å². The van der Waals surface area contributed by atoms with Gasteiger partial charge in [0.1, 0.15) is 5.69 Å². The van der Waals surface area contributed by atoms with Crippen molar-refractivity contribution in [1.82, 2.24) is 14.9 Å². The van der Waals surface area contributed by atoms with E-state index < -0.39 is 0 Å². The van der Waals surface area contributed by atoms with Crippen LogP contribution >= 0.6 is 0 Å². The van der Waals surface area contributed by atoms with Gasteiger partial charge in [0, 0.05) is 29.9 Å². The summed E-state index contributed by atoms with van der Waals surface area (Å²) in [6.07, 6.45) is 15.0. The van der Waals surface area contributed by atoms with Crippen LogP contribution in [0.5, 0.6) is 0 Å². The highest BCUT2D eigenvalue weighted by molar-refractivity contribution is 5.99. The van der Waals surface area contributed by atoms with E-state index in [1.807, 2.05) is 24.5 Å². The Balaban J connectivity index is 1.43. The molecule has 2 heterocycles. The Hall–Kier alpha value is -1.84. The predicted molar refractivity (Wildman–Crippen MR) is 108 cm³/mol. The van der Waals surface area contributed by atoms with Crippen LogP contribution in [0.25, 0.3) is 10.9 Å². The third-order valence-corrected chi connectivity index (χ3v) is 7.34. The summed E-state index contributed by atoms with van der Waals surface area (Å²) in [5, 5.41) is 4.63. The summed E-state index contributed by atoms with van der Waals surface area (Å²) >= 11 is 0. The molecule has 0 saturated heterocycles. The first-order valence-electron chi connectivity index (χ1n) is 10.9. The van der Waals surface area contributed by atoms with Crippen molar-refractivity contribution in [1.29, 1.82) is 0 Å². The lowest BCUT2D eigenvalue weighted by Gasteiger charge is -2.56. The van der Waals surface area contributed by atoms with E-state index in [1.54, 1.807) is 0 Å². The lowest BCUT2D eigenvalue weighted by molar-refractivity contribution is -0.0168. The normalized spacial score (nSPS) is 31.5. The van der Waals surface area contributed by atoms with E-state index in [9.17, 15) is 4.79 Å². The maximum atomic E-state index is 13.4. The smallest absolute Gasteiger partial charge is 0.268 e. The van der Waals surface area contributed by atoms with Crippen LogP contribution in [-0.4, -0.2) is 21.0 Å². The van der Waals surface area contributed by atoms with E-state index in [2.05, 4.69) is 21.8 Å². The third kappa shape index (κ3) is 3.07. The van der Waals surface area contributed by atoms with Crippen LogP contribution in [0.1, 0.15) is 75.2 Å². The molecule has 4 aliphatic carbocycles. The Labute approximate surface area is 161 Å². The number of carbonyl (C=O) groups excluding carboxylic acids is 1. The zero-order valence-corrected chi connectivity index (χ0v) is 16.4. The highest BCUT2D eigenvalue weighted by atomic mass is 16.2. The number of aromatic nitrogens is 2. The van der Waals surface area contributed by atoms with Gasteiger partial charge in [0.25, 0.3) is 5.91 Å². The summed E-state index contributed by atoms with van der Waals surface area (Å²) in [7, 11) is 0. The van der Waals surface area contributed by atoms with Crippen LogP contribution in [0.2, 0.25) is 0 Å². The summed E-state index contributed by atoms with van der Waals surface area (Å²) in [4.78, 5) is 17.7. The number of nitrogens with zero attached hydrogens (tertiary/aromatic N) is 2. The van der Waals surface area contributed by atoms with E-state index in [0.29, 0.717) is 0 Å². The quantitative estimate of drug-likeness (QED) is 0.738. The van der Waals surface area contributed by atoms with Crippen LogP contribution in [0.3, 0.4) is 0 Å². The minimum atomic E-state index is 0.0643. The van der Waals surface area contributed by atoms with Gasteiger partial charge in [-0.25, -0.2) is 0 Å². The second kappa shape index (κ2) is 6.65. The molecule has 0 spiro atoms. The molecular weight excluding hydrogens is 334 g/mol. The Bertz CT molecular complexity index is 817. The molecule has 4 heteroatoms. The van der Waals surface area contributed by atoms with Crippen LogP contribution in [0.15, 0.2) is 24.5 Å². The molecule has 2 aromatic heterocycles. The molecule has 0 unspecified atom stereocenters. The number of rotatable bonds is 6. The van der Waals surface area contributed by atoms with Gasteiger partial charge in [-0.15, -0.1) is 0 Å². The van der Waals surface area contributed by atoms with Gasteiger partial charge in [-0.05, 0) is 74.8 Å². The number of carbonyl (C=O) groups is 1. The average Bonchev–Trinajstić information content (AvgIpc) is 2.99. The van der Waals surface area contributed by atoms with Gasteiger partial charge in [-0.1, -0.05) is 19.8 Å². The fourth-order valence-corrected chi connectivity index (χ4v) is 6.63. The largest absolute Gasteiger partial charge is 0.345 e. The number of hydrogen-bond acceptors (Lipinski definition) is 2. The topological polar surface area (TPSA) is 46.9 Å². The fraction of sp³-hybridized carbons (Fsp3) is 0.652. The maximum absolute atomic E-state index is 13.4. The number of unbranched alkanes of at least 4 members (excludes halogenated alkanes) is 2. The second-order valence-corrected chi connectivity index (χ2v) is 9.47. The van der Waals surface area contributed by atoms with Crippen molar-refractivity contribution in [2.75, 3.05) is 0 Å². The van der Waals surface area contributed by atoms with Crippen molar-refractivity contribution < 1.29 is 4.79 Å². The summed E-state index contributed by atoms with van der Waals surface area (Å²) in [5.74, 6) is 2.66. The van der Waals surface area contributed by atoms with Crippen LogP contribution in [-0.2, 0) is 6.54 Å². The molecule has 27 heavy (non-hydrogen) atoms. The van der Waals surface area contributed by atoms with E-state index in [0.717, 1.165) is 47.3 Å². The monoisotopic (exact) mass is 365 g/mol. The lowest BCUT2D eigenvalue weighted by Crippen LogP contribution is -2.60. The van der Waals surface area contributed by atoms with Crippen molar-refractivity contribution in [3.8, 4) is 0 Å². The number of amides is 1. The predicted octanol–water partition coefficient (Wildman–Crippen LogP) is 4.93. The first-order chi connectivity index (χ1) is 13.2. The first kappa shape index (κ1) is 17.3. The molecule has 1 N–H and O–H groups in total. The van der Waals surface area contributed by atoms with Gasteiger partial charge in [0.15, 0.2) is 0 Å². The molecule has 0 radical (unpaired) electrons. The maximum Gasteiger partial charge on any atom is 0.268 e. The molecule has 0 aromatic carbocycles. The Kier molecular flexibility index (Phi) is 4.25. The number of pyridine rings is 1. The zero-order valence-electron chi connectivity index (χ0n) is 16.4. The van der Waals surface area contributed by atoms with Gasteiger partial charge < -0.3 is 9.88 Å². The minimum Gasteiger partial charge on any atom is -0.345 e. The average molecular weight is 366 g/mol. The Morgan fingerprint density at radius 2 is 1.89 bits per heavy atom. The molecule has 0 atom stereocenters. The van der Waals surface area contributed by atoms with Crippen molar-refractivity contribution in [3.63, 3.8) is 0 Å². The Morgan fingerprint density at radius 1 is 1.19 bits per heavy atom. The van der Waals surface area contributed by atoms with E-state index in [4.69, 9.17) is 0 Å². The SMILES string of the molecule is CCCCCn1c(C(=O)NC23CC4CC(CC(C4)C2)C3)cc2cnccc21. The number of fused-ring (bicyclic) bond motifs is 1. The standard InChI is InChI=1S/C23H31N3O/c1-2-3-4-7-26-20-5-6-24-15-19(20)11-21(26)22(27)25-23-12-16-8-17(13-23)10-18(9-16)14-23/h5-6,11,15-18H,2-4,7-10,12-14H2,1H3,(H,25,27). The highest BCUT2D eigenvalue weighted by Gasteiger charge is 2.51. The number of nitrogens with one attached hydrogen (secondary N) is 1. The molecule has 4 saturated carbocycles.